The van der Waals surface area contributed by atoms with Gasteiger partial charge in [-0.2, -0.15) is 0 Å². The second kappa shape index (κ2) is 10.5. The van der Waals surface area contributed by atoms with Crippen LogP contribution < -0.4 is 10.6 Å². The second-order valence-electron chi connectivity index (χ2n) is 9.20. The third kappa shape index (κ3) is 5.08. The lowest BCUT2D eigenvalue weighted by Gasteiger charge is -2.31. The maximum Gasteiger partial charge on any atom is 0.322 e. The number of benzene rings is 3. The average molecular weight is 515 g/mol. The molecule has 4 amide bonds. The van der Waals surface area contributed by atoms with E-state index in [0.29, 0.717) is 29.3 Å². The predicted octanol–water partition coefficient (Wildman–Crippen LogP) is 4.06. The molecular weight excluding hydrogens is 488 g/mol. The maximum absolute atomic E-state index is 13.9. The summed E-state index contributed by atoms with van der Waals surface area (Å²) in [6.45, 7) is 0.520. The van der Waals surface area contributed by atoms with Crippen molar-refractivity contribution in [2.24, 2.45) is 0 Å². The summed E-state index contributed by atoms with van der Waals surface area (Å²) in [6, 6.07) is 24.6. The summed E-state index contributed by atoms with van der Waals surface area (Å²) >= 11 is 6.07. The molecule has 0 aromatic heterocycles. The monoisotopic (exact) mass is 514 g/mol. The van der Waals surface area contributed by atoms with Crippen molar-refractivity contribution in [1.82, 2.24) is 20.4 Å². The molecule has 2 N–H and O–H groups in total. The van der Waals surface area contributed by atoms with Crippen LogP contribution in [0.2, 0.25) is 5.02 Å². The van der Waals surface area contributed by atoms with Gasteiger partial charge >= 0.3 is 6.03 Å². The average Bonchev–Trinajstić information content (AvgIpc) is 3.26. The van der Waals surface area contributed by atoms with Crippen LogP contribution in [0, 0.1) is 0 Å². The summed E-state index contributed by atoms with van der Waals surface area (Å²) in [4.78, 5) is 43.3. The fourth-order valence-corrected chi connectivity index (χ4v) is 4.96. The van der Waals surface area contributed by atoms with Gasteiger partial charge < -0.3 is 15.5 Å². The van der Waals surface area contributed by atoms with Gasteiger partial charge in [0.15, 0.2) is 0 Å². The normalized spacial score (nSPS) is 17.9. The van der Waals surface area contributed by atoms with Crippen molar-refractivity contribution in [1.29, 1.82) is 0 Å². The van der Waals surface area contributed by atoms with Crippen molar-refractivity contribution >= 4 is 29.4 Å². The molecule has 0 aliphatic carbocycles. The minimum absolute atomic E-state index is 0.165. The molecule has 7 nitrogen and oxygen atoms in total. The molecule has 0 saturated heterocycles. The van der Waals surface area contributed by atoms with Crippen molar-refractivity contribution in [3.63, 3.8) is 0 Å². The SMILES string of the molecule is CN1C(=O)N[C@@H](c2ccc(Cl)cc2)C2=C1CN([C@H](Cc1ccccc1)C(=O)NCc1ccccc1)C2=O. The van der Waals surface area contributed by atoms with Crippen molar-refractivity contribution in [2.75, 3.05) is 13.6 Å². The number of hydrogen-bond acceptors (Lipinski definition) is 3. The Morgan fingerprint density at radius 3 is 2.24 bits per heavy atom. The second-order valence-corrected chi connectivity index (χ2v) is 9.63. The van der Waals surface area contributed by atoms with E-state index < -0.39 is 12.1 Å². The zero-order valence-corrected chi connectivity index (χ0v) is 21.1. The maximum atomic E-state index is 13.9. The molecule has 0 unspecified atom stereocenters. The number of likely N-dealkylation sites (N-methyl/N-ethyl adjacent to an activating group) is 1. The Morgan fingerprint density at radius 1 is 0.973 bits per heavy atom. The van der Waals surface area contributed by atoms with Crippen LogP contribution in [0.5, 0.6) is 0 Å². The molecular formula is C29H27ClN4O3. The number of urea groups is 1. The number of nitrogens with zero attached hydrogens (tertiary/aromatic N) is 2. The van der Waals surface area contributed by atoms with Crippen LogP contribution in [0.15, 0.2) is 96.2 Å². The smallest absolute Gasteiger partial charge is 0.322 e. The molecule has 0 saturated carbocycles. The lowest BCUT2D eigenvalue weighted by molar-refractivity contribution is -0.136. The van der Waals surface area contributed by atoms with E-state index in [2.05, 4.69) is 10.6 Å². The Bertz CT molecular complexity index is 1340. The fourth-order valence-electron chi connectivity index (χ4n) is 4.83. The van der Waals surface area contributed by atoms with Gasteiger partial charge in [0, 0.05) is 25.0 Å². The van der Waals surface area contributed by atoms with Crippen LogP contribution in [0.4, 0.5) is 4.79 Å². The largest absolute Gasteiger partial charge is 0.350 e. The van der Waals surface area contributed by atoms with Crippen LogP contribution >= 0.6 is 11.6 Å². The van der Waals surface area contributed by atoms with Gasteiger partial charge in [0.1, 0.15) is 6.04 Å². The summed E-state index contributed by atoms with van der Waals surface area (Å²) in [5, 5.41) is 6.50. The number of nitrogens with one attached hydrogen (secondary N) is 2. The van der Waals surface area contributed by atoms with Gasteiger partial charge in [0.2, 0.25) is 5.91 Å². The number of rotatable bonds is 7. The molecule has 37 heavy (non-hydrogen) atoms. The van der Waals surface area contributed by atoms with E-state index in [1.807, 2.05) is 60.7 Å². The lowest BCUT2D eigenvalue weighted by atomic mass is 9.95. The molecule has 2 atom stereocenters. The van der Waals surface area contributed by atoms with Crippen molar-refractivity contribution in [3.05, 3.63) is 118 Å². The van der Waals surface area contributed by atoms with E-state index in [0.717, 1.165) is 16.7 Å². The molecule has 2 aliphatic heterocycles. The number of carbonyl (C=O) groups excluding carboxylic acids is 3. The predicted molar refractivity (Wildman–Crippen MR) is 141 cm³/mol. The quantitative estimate of drug-likeness (QED) is 0.499. The molecule has 0 radical (unpaired) electrons. The highest BCUT2D eigenvalue weighted by Crippen LogP contribution is 2.37. The van der Waals surface area contributed by atoms with Crippen LogP contribution in [-0.4, -0.2) is 47.3 Å². The third-order valence-electron chi connectivity index (χ3n) is 6.85. The number of halogens is 1. The lowest BCUT2D eigenvalue weighted by Crippen LogP contribution is -2.49. The zero-order chi connectivity index (χ0) is 25.9. The van der Waals surface area contributed by atoms with E-state index in [4.69, 9.17) is 11.6 Å². The van der Waals surface area contributed by atoms with Crippen molar-refractivity contribution in [2.45, 2.75) is 25.0 Å². The minimum atomic E-state index is -0.751. The molecule has 0 bridgehead atoms. The molecule has 3 aromatic rings. The van der Waals surface area contributed by atoms with Gasteiger partial charge in [-0.05, 0) is 28.8 Å². The van der Waals surface area contributed by atoms with Gasteiger partial charge in [-0.15, -0.1) is 0 Å². The molecule has 8 heteroatoms. The Balaban J connectivity index is 1.45. The molecule has 0 spiro atoms. The Kier molecular flexibility index (Phi) is 6.97. The van der Waals surface area contributed by atoms with E-state index in [-0.39, 0.29) is 24.4 Å². The third-order valence-corrected chi connectivity index (χ3v) is 7.10. The first-order valence-electron chi connectivity index (χ1n) is 12.1. The van der Waals surface area contributed by atoms with E-state index >= 15 is 0 Å². The first-order valence-corrected chi connectivity index (χ1v) is 12.5. The highest BCUT2D eigenvalue weighted by Gasteiger charge is 2.46. The summed E-state index contributed by atoms with van der Waals surface area (Å²) in [5.74, 6) is -0.511. The summed E-state index contributed by atoms with van der Waals surface area (Å²) in [5.41, 5.74) is 3.73. The Hall–Kier alpha value is -4.10. The van der Waals surface area contributed by atoms with Crippen LogP contribution in [0.25, 0.3) is 0 Å². The first kappa shape index (κ1) is 24.6. The van der Waals surface area contributed by atoms with Gasteiger partial charge in [-0.3, -0.25) is 14.5 Å². The fraction of sp³-hybridized carbons (Fsp3) is 0.207. The number of hydrogen-bond donors (Lipinski definition) is 2. The molecule has 0 fully saturated rings. The van der Waals surface area contributed by atoms with Crippen LogP contribution in [0.1, 0.15) is 22.7 Å². The molecule has 3 aromatic carbocycles. The molecule has 2 heterocycles. The van der Waals surface area contributed by atoms with Crippen molar-refractivity contribution < 1.29 is 14.4 Å². The standard InChI is InChI=1S/C29H27ClN4O3/c1-33-24-18-34(28(36)25(24)26(32-29(33)37)21-12-14-22(30)15-13-21)23(16-19-8-4-2-5-9-19)27(35)31-17-20-10-6-3-7-11-20/h2-15,23,26H,16-18H2,1H3,(H,31,35)(H,32,37)/t23-,26+/m1/s1. The van der Waals surface area contributed by atoms with Gasteiger partial charge in [-0.1, -0.05) is 84.4 Å². The van der Waals surface area contributed by atoms with Gasteiger partial charge in [0.25, 0.3) is 5.91 Å². The highest BCUT2D eigenvalue weighted by atomic mass is 35.5. The Labute approximate surface area is 220 Å². The van der Waals surface area contributed by atoms with E-state index in [9.17, 15) is 14.4 Å². The van der Waals surface area contributed by atoms with Crippen LogP contribution in [0.3, 0.4) is 0 Å². The minimum Gasteiger partial charge on any atom is -0.350 e. The first-order chi connectivity index (χ1) is 17.9. The Morgan fingerprint density at radius 2 is 1.59 bits per heavy atom. The van der Waals surface area contributed by atoms with Gasteiger partial charge in [0.05, 0.1) is 23.9 Å². The number of carbonyl (C=O) groups is 3. The topological polar surface area (TPSA) is 81.8 Å². The van der Waals surface area contributed by atoms with Gasteiger partial charge in [-0.25, -0.2) is 4.79 Å². The summed E-state index contributed by atoms with van der Waals surface area (Å²) < 4.78 is 0. The molecule has 2 aliphatic rings. The molecule has 5 rings (SSSR count). The highest BCUT2D eigenvalue weighted by molar-refractivity contribution is 6.30. The number of amides is 4. The zero-order valence-electron chi connectivity index (χ0n) is 20.4. The van der Waals surface area contributed by atoms with Crippen LogP contribution in [-0.2, 0) is 22.6 Å². The molecule has 188 valence electrons. The van der Waals surface area contributed by atoms with E-state index in [1.165, 1.54) is 4.90 Å². The van der Waals surface area contributed by atoms with Crippen molar-refractivity contribution in [3.8, 4) is 0 Å². The van der Waals surface area contributed by atoms with E-state index in [1.54, 1.807) is 36.2 Å². The summed E-state index contributed by atoms with van der Waals surface area (Å²) in [7, 11) is 1.64. The summed E-state index contributed by atoms with van der Waals surface area (Å²) in [6.07, 6.45) is 0.352.